The zero-order valence-corrected chi connectivity index (χ0v) is 15.7. The molecule has 3 heterocycles. The highest BCUT2D eigenvalue weighted by Crippen LogP contribution is 2.27. The number of imidazole rings is 1. The lowest BCUT2D eigenvalue weighted by Crippen LogP contribution is -2.30. The molecule has 1 aromatic carbocycles. The van der Waals surface area contributed by atoms with Crippen LogP contribution in [-0.4, -0.2) is 54.1 Å². The van der Waals surface area contributed by atoms with Crippen LogP contribution < -0.4 is 4.74 Å². The third kappa shape index (κ3) is 3.08. The largest absolute Gasteiger partial charge is 0.497 e. The van der Waals surface area contributed by atoms with Crippen LogP contribution in [0.15, 0.2) is 35.8 Å². The number of aromatic nitrogens is 2. The molecule has 0 spiro atoms. The van der Waals surface area contributed by atoms with Crippen molar-refractivity contribution in [2.24, 2.45) is 5.92 Å². The van der Waals surface area contributed by atoms with E-state index in [4.69, 9.17) is 9.47 Å². The number of ether oxygens (including phenoxy) is 2. The van der Waals surface area contributed by atoms with Crippen molar-refractivity contribution in [3.63, 3.8) is 0 Å². The Morgan fingerprint density at radius 3 is 3.08 bits per heavy atom. The Labute approximate surface area is 156 Å². The van der Waals surface area contributed by atoms with Crippen molar-refractivity contribution in [2.45, 2.75) is 6.42 Å². The molecular formula is C19H21N3O3S. The third-order valence-electron chi connectivity index (χ3n) is 4.77. The molecule has 2 aromatic heterocycles. The van der Waals surface area contributed by atoms with Crippen LogP contribution in [0.2, 0.25) is 0 Å². The highest BCUT2D eigenvalue weighted by atomic mass is 32.1. The van der Waals surface area contributed by atoms with E-state index in [2.05, 4.69) is 4.98 Å². The molecule has 1 saturated heterocycles. The maximum Gasteiger partial charge on any atom is 0.271 e. The van der Waals surface area contributed by atoms with Gasteiger partial charge in [-0.1, -0.05) is 12.1 Å². The molecule has 0 N–H and O–H groups in total. The molecule has 1 aliphatic rings. The number of hydrogen-bond donors (Lipinski definition) is 0. The van der Waals surface area contributed by atoms with Crippen molar-refractivity contribution in [2.75, 3.05) is 33.9 Å². The van der Waals surface area contributed by atoms with Crippen molar-refractivity contribution >= 4 is 22.2 Å². The Morgan fingerprint density at radius 2 is 2.27 bits per heavy atom. The van der Waals surface area contributed by atoms with Gasteiger partial charge in [-0.3, -0.25) is 9.20 Å². The van der Waals surface area contributed by atoms with Crippen molar-refractivity contribution < 1.29 is 14.3 Å². The number of nitrogens with zero attached hydrogens (tertiary/aromatic N) is 3. The molecule has 26 heavy (non-hydrogen) atoms. The van der Waals surface area contributed by atoms with E-state index in [0.29, 0.717) is 18.2 Å². The molecule has 7 heteroatoms. The van der Waals surface area contributed by atoms with E-state index < -0.39 is 0 Å². The molecule has 3 aromatic rings. The van der Waals surface area contributed by atoms with Gasteiger partial charge >= 0.3 is 0 Å². The van der Waals surface area contributed by atoms with Crippen molar-refractivity contribution in [3.05, 3.63) is 41.5 Å². The molecule has 0 bridgehead atoms. The fourth-order valence-electron chi connectivity index (χ4n) is 3.41. The van der Waals surface area contributed by atoms with Crippen LogP contribution in [-0.2, 0) is 4.74 Å². The van der Waals surface area contributed by atoms with Gasteiger partial charge in [0.05, 0.1) is 19.4 Å². The quantitative estimate of drug-likeness (QED) is 0.691. The van der Waals surface area contributed by atoms with Gasteiger partial charge in [0, 0.05) is 43.3 Å². The van der Waals surface area contributed by atoms with Crippen LogP contribution in [0, 0.1) is 5.92 Å². The van der Waals surface area contributed by atoms with Gasteiger partial charge in [0.15, 0.2) is 4.96 Å². The lowest BCUT2D eigenvalue weighted by molar-refractivity contribution is 0.0769. The second-order valence-corrected chi connectivity index (χ2v) is 7.33. The SMILES string of the molecule is COC[C@H]1CCN(C(=O)c2csc3nc(-c4cccc(OC)c4)cn23)C1. The average Bonchev–Trinajstić information content (AvgIpc) is 3.37. The summed E-state index contributed by atoms with van der Waals surface area (Å²) in [5.74, 6) is 1.27. The summed E-state index contributed by atoms with van der Waals surface area (Å²) in [7, 11) is 3.35. The van der Waals surface area contributed by atoms with E-state index in [1.54, 1.807) is 14.2 Å². The standard InChI is InChI=1S/C19H21N3O3S/c1-24-11-13-6-7-21(9-13)18(23)17-12-26-19-20-16(10-22(17)19)14-4-3-5-15(8-14)25-2/h3-5,8,10,12-13H,6-7,9,11H2,1-2H3/t13-/m0/s1. The molecule has 0 aliphatic carbocycles. The minimum Gasteiger partial charge on any atom is -0.497 e. The number of benzene rings is 1. The second-order valence-electron chi connectivity index (χ2n) is 6.49. The van der Waals surface area contributed by atoms with Crippen LogP contribution >= 0.6 is 11.3 Å². The third-order valence-corrected chi connectivity index (χ3v) is 5.61. The number of methoxy groups -OCH3 is 2. The molecule has 6 nitrogen and oxygen atoms in total. The van der Waals surface area contributed by atoms with Gasteiger partial charge in [-0.05, 0) is 18.6 Å². The summed E-state index contributed by atoms with van der Waals surface area (Å²) < 4.78 is 12.4. The van der Waals surface area contributed by atoms with Crippen LogP contribution in [0.25, 0.3) is 16.2 Å². The maximum atomic E-state index is 12.9. The summed E-state index contributed by atoms with van der Waals surface area (Å²) in [5, 5.41) is 1.89. The molecule has 1 amide bonds. The molecule has 0 radical (unpaired) electrons. The highest BCUT2D eigenvalue weighted by Gasteiger charge is 2.28. The Hall–Kier alpha value is -2.38. The first-order chi connectivity index (χ1) is 12.7. The van der Waals surface area contributed by atoms with Gasteiger partial charge in [-0.15, -0.1) is 11.3 Å². The summed E-state index contributed by atoms with van der Waals surface area (Å²) >= 11 is 1.49. The van der Waals surface area contributed by atoms with Crippen molar-refractivity contribution in [3.8, 4) is 17.0 Å². The molecule has 136 valence electrons. The monoisotopic (exact) mass is 371 g/mol. The van der Waals surface area contributed by atoms with Crippen LogP contribution in [0.1, 0.15) is 16.9 Å². The number of likely N-dealkylation sites (tertiary alicyclic amines) is 1. The first-order valence-corrected chi connectivity index (χ1v) is 9.47. The van der Waals surface area contributed by atoms with Crippen molar-refractivity contribution in [1.29, 1.82) is 0 Å². The zero-order chi connectivity index (χ0) is 18.1. The number of hydrogen-bond acceptors (Lipinski definition) is 5. The topological polar surface area (TPSA) is 56.1 Å². The maximum absolute atomic E-state index is 12.9. The lowest BCUT2D eigenvalue weighted by atomic mass is 10.1. The van der Waals surface area contributed by atoms with Gasteiger partial charge in [-0.2, -0.15) is 0 Å². The van der Waals surface area contributed by atoms with E-state index >= 15 is 0 Å². The number of rotatable bonds is 5. The Morgan fingerprint density at radius 1 is 1.38 bits per heavy atom. The first kappa shape index (κ1) is 17.1. The number of thiazole rings is 1. The number of carbonyl (C=O) groups is 1. The Kier molecular flexibility index (Phi) is 4.65. The predicted molar refractivity (Wildman–Crippen MR) is 101 cm³/mol. The van der Waals surface area contributed by atoms with E-state index in [1.807, 2.05) is 45.1 Å². The molecule has 1 aliphatic heterocycles. The summed E-state index contributed by atoms with van der Waals surface area (Å²) in [6.45, 7) is 2.23. The molecule has 0 saturated carbocycles. The number of carbonyl (C=O) groups excluding carboxylic acids is 1. The lowest BCUT2D eigenvalue weighted by Gasteiger charge is -2.15. The molecule has 1 fully saturated rings. The molecule has 0 unspecified atom stereocenters. The summed E-state index contributed by atoms with van der Waals surface area (Å²) in [6, 6.07) is 7.78. The van der Waals surface area contributed by atoms with E-state index in [-0.39, 0.29) is 5.91 Å². The van der Waals surface area contributed by atoms with E-state index in [9.17, 15) is 4.79 Å². The molecule has 4 rings (SSSR count). The molecule has 1 atom stereocenters. The zero-order valence-electron chi connectivity index (χ0n) is 14.8. The fraction of sp³-hybridized carbons (Fsp3) is 0.368. The van der Waals surface area contributed by atoms with E-state index in [0.717, 1.165) is 41.5 Å². The van der Waals surface area contributed by atoms with Crippen LogP contribution in [0.3, 0.4) is 0 Å². The number of amides is 1. The van der Waals surface area contributed by atoms with Crippen LogP contribution in [0.5, 0.6) is 5.75 Å². The minimum atomic E-state index is 0.0597. The van der Waals surface area contributed by atoms with Gasteiger partial charge in [0.1, 0.15) is 11.4 Å². The summed E-state index contributed by atoms with van der Waals surface area (Å²) in [5.41, 5.74) is 2.48. The summed E-state index contributed by atoms with van der Waals surface area (Å²) in [6.07, 6.45) is 2.92. The second kappa shape index (κ2) is 7.09. The highest BCUT2D eigenvalue weighted by molar-refractivity contribution is 7.15. The van der Waals surface area contributed by atoms with Gasteiger partial charge in [-0.25, -0.2) is 4.98 Å². The van der Waals surface area contributed by atoms with Crippen molar-refractivity contribution in [1.82, 2.24) is 14.3 Å². The molecular weight excluding hydrogens is 350 g/mol. The fourth-order valence-corrected chi connectivity index (χ4v) is 4.26. The predicted octanol–water partition coefficient (Wildman–Crippen LogP) is 3.18. The minimum absolute atomic E-state index is 0.0597. The summed E-state index contributed by atoms with van der Waals surface area (Å²) in [4.78, 5) is 20.3. The van der Waals surface area contributed by atoms with Gasteiger partial charge in [0.25, 0.3) is 5.91 Å². The first-order valence-electron chi connectivity index (χ1n) is 8.59. The van der Waals surface area contributed by atoms with E-state index in [1.165, 1.54) is 11.3 Å². The average molecular weight is 371 g/mol. The Bertz CT molecular complexity index is 933. The number of fused-ring (bicyclic) bond motifs is 1. The van der Waals surface area contributed by atoms with Gasteiger partial charge in [0.2, 0.25) is 0 Å². The smallest absolute Gasteiger partial charge is 0.271 e. The normalized spacial score (nSPS) is 17.2. The van der Waals surface area contributed by atoms with Crippen LogP contribution in [0.4, 0.5) is 0 Å². The van der Waals surface area contributed by atoms with Gasteiger partial charge < -0.3 is 14.4 Å². The Balaban J connectivity index is 1.61.